The number of aliphatic carboxylic acids is 1. The molecule has 0 aliphatic heterocycles. The van der Waals surface area contributed by atoms with Crippen LogP contribution in [0.3, 0.4) is 0 Å². The monoisotopic (exact) mass is 487 g/mol. The maximum absolute atomic E-state index is 13.5. The summed E-state index contributed by atoms with van der Waals surface area (Å²) in [7, 11) is 0. The van der Waals surface area contributed by atoms with Gasteiger partial charge in [-0.1, -0.05) is 54.6 Å². The van der Waals surface area contributed by atoms with Crippen LogP contribution in [0.5, 0.6) is 0 Å². The first-order valence-corrected chi connectivity index (χ1v) is 10.8. The number of amides is 1. The Labute approximate surface area is 198 Å². The number of fused-ring (bicyclic) bond motifs is 3. The summed E-state index contributed by atoms with van der Waals surface area (Å²) in [4.78, 5) is 24.0. The van der Waals surface area contributed by atoms with Crippen molar-refractivity contribution >= 4 is 12.1 Å². The Morgan fingerprint density at radius 3 is 2.14 bits per heavy atom. The lowest BCUT2D eigenvalue weighted by Crippen LogP contribution is -2.41. The van der Waals surface area contributed by atoms with Crippen LogP contribution in [0.2, 0.25) is 0 Å². The zero-order valence-electron chi connectivity index (χ0n) is 18.3. The summed E-state index contributed by atoms with van der Waals surface area (Å²) in [5, 5.41) is 11.7. The van der Waals surface area contributed by atoms with Gasteiger partial charge in [0.1, 0.15) is 18.5 Å². The van der Waals surface area contributed by atoms with Crippen molar-refractivity contribution in [3.63, 3.8) is 0 Å². The second-order valence-corrected chi connectivity index (χ2v) is 8.21. The molecule has 1 aliphatic carbocycles. The Bertz CT molecular complexity index is 1210. The van der Waals surface area contributed by atoms with E-state index in [0.29, 0.717) is 12.1 Å². The fourth-order valence-corrected chi connectivity index (χ4v) is 4.30. The molecule has 0 spiro atoms. The second-order valence-electron chi connectivity index (χ2n) is 8.21. The topological polar surface area (TPSA) is 75.6 Å². The fourth-order valence-electron chi connectivity index (χ4n) is 4.30. The Balaban J connectivity index is 1.39. The van der Waals surface area contributed by atoms with Crippen LogP contribution in [-0.4, -0.2) is 29.8 Å². The normalized spacial score (nSPS) is 13.6. The molecule has 0 saturated carbocycles. The van der Waals surface area contributed by atoms with Gasteiger partial charge in [0.2, 0.25) is 0 Å². The van der Waals surface area contributed by atoms with Crippen LogP contribution in [0.4, 0.5) is 22.4 Å². The van der Waals surface area contributed by atoms with Crippen LogP contribution in [0.25, 0.3) is 11.1 Å². The summed E-state index contributed by atoms with van der Waals surface area (Å²) in [6, 6.07) is 16.5. The molecule has 35 heavy (non-hydrogen) atoms. The highest BCUT2D eigenvalue weighted by Crippen LogP contribution is 2.44. The second kappa shape index (κ2) is 9.77. The minimum absolute atomic E-state index is 0.0148. The van der Waals surface area contributed by atoms with Gasteiger partial charge in [-0.15, -0.1) is 0 Å². The predicted octanol–water partition coefficient (Wildman–Crippen LogP) is 5.77. The average molecular weight is 487 g/mol. The standard InChI is InChI=1S/C26H21F4NO4/c27-22-11-9-15(13-21(22)26(28,29)30)10-12-23(24(32)33)31-25(34)35-14-20-18-7-3-1-5-16(18)17-6-2-4-8-19(17)20/h1-9,11,13,20,23H,10,12,14H2,(H,31,34)(H,32,33)/t23-/m1/s1. The van der Waals surface area contributed by atoms with Crippen molar-refractivity contribution in [2.45, 2.75) is 31.0 Å². The molecule has 0 heterocycles. The maximum atomic E-state index is 13.5. The van der Waals surface area contributed by atoms with Crippen molar-refractivity contribution in [1.82, 2.24) is 5.32 Å². The molecule has 0 saturated heterocycles. The summed E-state index contributed by atoms with van der Waals surface area (Å²) in [5.74, 6) is -2.99. The molecule has 3 aromatic rings. The number of carboxylic acid groups (broad SMARTS) is 1. The first-order valence-electron chi connectivity index (χ1n) is 10.8. The van der Waals surface area contributed by atoms with Crippen molar-refractivity contribution in [3.8, 4) is 11.1 Å². The molecule has 1 aliphatic rings. The Kier molecular flexibility index (Phi) is 6.77. The molecule has 3 aromatic carbocycles. The van der Waals surface area contributed by atoms with Crippen LogP contribution in [0.15, 0.2) is 66.7 Å². The number of rotatable bonds is 7. The lowest BCUT2D eigenvalue weighted by Gasteiger charge is -2.18. The molecule has 0 fully saturated rings. The lowest BCUT2D eigenvalue weighted by molar-refractivity contribution is -0.140. The van der Waals surface area contributed by atoms with Crippen molar-refractivity contribution in [3.05, 3.63) is 94.8 Å². The van der Waals surface area contributed by atoms with Gasteiger partial charge < -0.3 is 15.2 Å². The van der Waals surface area contributed by atoms with Gasteiger partial charge in [-0.2, -0.15) is 13.2 Å². The molecule has 0 unspecified atom stereocenters. The van der Waals surface area contributed by atoms with E-state index in [0.717, 1.165) is 28.3 Å². The number of halogens is 4. The number of carbonyl (C=O) groups is 2. The van der Waals surface area contributed by atoms with E-state index in [1.54, 1.807) is 0 Å². The number of carbonyl (C=O) groups excluding carboxylic acids is 1. The SMILES string of the molecule is O=C(N[C@H](CCc1ccc(F)c(C(F)(F)F)c1)C(=O)O)OCC1c2ccccc2-c2ccccc21. The quantitative estimate of drug-likeness (QED) is 0.415. The largest absolute Gasteiger partial charge is 0.480 e. The minimum Gasteiger partial charge on any atom is -0.480 e. The van der Waals surface area contributed by atoms with E-state index in [9.17, 15) is 32.3 Å². The van der Waals surface area contributed by atoms with Crippen LogP contribution < -0.4 is 5.32 Å². The van der Waals surface area contributed by atoms with E-state index in [1.165, 1.54) is 0 Å². The summed E-state index contributed by atoms with van der Waals surface area (Å²) >= 11 is 0. The number of alkyl halides is 3. The molecule has 1 amide bonds. The summed E-state index contributed by atoms with van der Waals surface area (Å²) in [6.07, 6.45) is -6.15. The third-order valence-electron chi connectivity index (χ3n) is 5.99. The molecular weight excluding hydrogens is 466 g/mol. The number of benzene rings is 3. The Hall–Kier alpha value is -3.88. The molecule has 0 radical (unpaired) electrons. The minimum atomic E-state index is -4.87. The Morgan fingerprint density at radius 1 is 0.971 bits per heavy atom. The summed E-state index contributed by atoms with van der Waals surface area (Å²) in [5.41, 5.74) is 2.74. The number of carboxylic acids is 1. The Morgan fingerprint density at radius 2 is 1.57 bits per heavy atom. The van der Waals surface area contributed by atoms with Crippen LogP contribution in [0.1, 0.15) is 34.6 Å². The zero-order valence-corrected chi connectivity index (χ0v) is 18.3. The van der Waals surface area contributed by atoms with Gasteiger partial charge >= 0.3 is 18.2 Å². The number of alkyl carbamates (subject to hydrolysis) is 1. The maximum Gasteiger partial charge on any atom is 0.419 e. The summed E-state index contributed by atoms with van der Waals surface area (Å²) in [6.45, 7) is -0.0148. The molecule has 0 aromatic heterocycles. The van der Waals surface area contributed by atoms with E-state index in [2.05, 4.69) is 5.32 Å². The number of aryl methyl sites for hydroxylation is 1. The zero-order chi connectivity index (χ0) is 25.2. The summed E-state index contributed by atoms with van der Waals surface area (Å²) < 4.78 is 57.6. The van der Waals surface area contributed by atoms with Crippen molar-refractivity contribution in [2.24, 2.45) is 0 Å². The first-order chi connectivity index (χ1) is 16.6. The molecule has 0 bridgehead atoms. The molecule has 4 rings (SSSR count). The third-order valence-corrected chi connectivity index (χ3v) is 5.99. The average Bonchev–Trinajstić information content (AvgIpc) is 3.14. The highest BCUT2D eigenvalue weighted by atomic mass is 19.4. The molecule has 2 N–H and O–H groups in total. The van der Waals surface area contributed by atoms with Crippen molar-refractivity contribution in [1.29, 1.82) is 0 Å². The van der Waals surface area contributed by atoms with E-state index in [4.69, 9.17) is 4.74 Å². The third kappa shape index (κ3) is 5.29. The van der Waals surface area contributed by atoms with Gasteiger partial charge in [-0.25, -0.2) is 14.0 Å². The predicted molar refractivity (Wildman–Crippen MR) is 119 cm³/mol. The first kappa shape index (κ1) is 24.3. The van der Waals surface area contributed by atoms with E-state index in [1.807, 2.05) is 48.5 Å². The number of nitrogens with one attached hydrogen (secondary N) is 1. The highest BCUT2D eigenvalue weighted by molar-refractivity contribution is 5.81. The molecule has 1 atom stereocenters. The van der Waals surface area contributed by atoms with Gasteiger partial charge in [0.15, 0.2) is 0 Å². The van der Waals surface area contributed by atoms with Crippen molar-refractivity contribution < 1.29 is 37.0 Å². The van der Waals surface area contributed by atoms with E-state index < -0.39 is 35.7 Å². The van der Waals surface area contributed by atoms with E-state index in [-0.39, 0.29) is 30.9 Å². The van der Waals surface area contributed by atoms with Gasteiger partial charge in [0, 0.05) is 5.92 Å². The van der Waals surface area contributed by atoms with Gasteiger partial charge in [0.25, 0.3) is 0 Å². The molecular formula is C26H21F4NO4. The molecule has 9 heteroatoms. The highest BCUT2D eigenvalue weighted by Gasteiger charge is 2.34. The van der Waals surface area contributed by atoms with Crippen LogP contribution >= 0.6 is 0 Å². The van der Waals surface area contributed by atoms with Gasteiger partial charge in [0.05, 0.1) is 5.56 Å². The van der Waals surface area contributed by atoms with Gasteiger partial charge in [-0.3, -0.25) is 0 Å². The number of ether oxygens (including phenoxy) is 1. The number of hydrogen-bond acceptors (Lipinski definition) is 3. The van der Waals surface area contributed by atoms with Crippen LogP contribution in [-0.2, 0) is 22.1 Å². The lowest BCUT2D eigenvalue weighted by atomic mass is 9.98. The van der Waals surface area contributed by atoms with Crippen molar-refractivity contribution in [2.75, 3.05) is 6.61 Å². The molecule has 5 nitrogen and oxygen atoms in total. The smallest absolute Gasteiger partial charge is 0.419 e. The van der Waals surface area contributed by atoms with Crippen LogP contribution in [0, 0.1) is 5.82 Å². The molecule has 182 valence electrons. The van der Waals surface area contributed by atoms with E-state index >= 15 is 0 Å². The fraction of sp³-hybridized carbons (Fsp3) is 0.231. The number of hydrogen-bond donors (Lipinski definition) is 2. The van der Waals surface area contributed by atoms with Gasteiger partial charge in [-0.05, 0) is 52.8 Å².